The lowest BCUT2D eigenvalue weighted by molar-refractivity contribution is 0.1000. The van der Waals surface area contributed by atoms with Crippen LogP contribution in [-0.2, 0) is 4.74 Å². The minimum Gasteiger partial charge on any atom is -0.481 e. The highest BCUT2D eigenvalue weighted by molar-refractivity contribution is 7.99. The molecule has 5 nitrogen and oxygen atoms in total. The summed E-state index contributed by atoms with van der Waals surface area (Å²) in [4.78, 5) is 8.14. The van der Waals surface area contributed by atoms with Crippen molar-refractivity contribution in [3.05, 3.63) is 6.07 Å². The minimum absolute atomic E-state index is 0.258. The number of nitrogen functional groups attached to an aromatic ring is 1. The molecule has 2 rings (SSSR count). The van der Waals surface area contributed by atoms with Gasteiger partial charge in [0.2, 0.25) is 11.8 Å². The average Bonchev–Trinajstić information content (AvgIpc) is 2.29. The number of nitrogens with zero attached hydrogens (tertiary/aromatic N) is 2. The molecule has 1 aliphatic rings. The quantitative estimate of drug-likeness (QED) is 0.805. The van der Waals surface area contributed by atoms with Crippen LogP contribution in [0.15, 0.2) is 11.1 Å². The summed E-state index contributed by atoms with van der Waals surface area (Å²) in [5, 5.41) is 1.42. The summed E-state index contributed by atoms with van der Waals surface area (Å²) >= 11 is 1.72. The van der Waals surface area contributed by atoms with E-state index in [0.29, 0.717) is 11.1 Å². The molecule has 0 atom stereocenters. The van der Waals surface area contributed by atoms with Gasteiger partial charge in [-0.1, -0.05) is 0 Å². The predicted octanol–water partition coefficient (Wildman–Crippen LogP) is 1.34. The molecule has 2 heterocycles. The van der Waals surface area contributed by atoms with Crippen LogP contribution in [0.3, 0.4) is 0 Å². The van der Waals surface area contributed by atoms with E-state index in [1.165, 1.54) is 0 Å². The van der Waals surface area contributed by atoms with Crippen LogP contribution in [0.25, 0.3) is 0 Å². The number of thioether (sulfide) groups is 1. The summed E-state index contributed by atoms with van der Waals surface area (Å²) in [7, 11) is 1.57. The summed E-state index contributed by atoms with van der Waals surface area (Å²) in [5.41, 5.74) is 5.60. The molecule has 6 heteroatoms. The van der Waals surface area contributed by atoms with E-state index in [9.17, 15) is 0 Å². The van der Waals surface area contributed by atoms with Crippen molar-refractivity contribution >= 4 is 17.7 Å². The molecule has 0 aliphatic carbocycles. The maximum absolute atomic E-state index is 5.60. The first-order valence-corrected chi connectivity index (χ1v) is 6.09. The van der Waals surface area contributed by atoms with Crippen molar-refractivity contribution in [2.24, 2.45) is 0 Å². The summed E-state index contributed by atoms with van der Waals surface area (Å²) in [6.45, 7) is 1.66. The fourth-order valence-corrected chi connectivity index (χ4v) is 2.64. The van der Waals surface area contributed by atoms with Gasteiger partial charge in [-0.3, -0.25) is 0 Å². The monoisotopic (exact) mass is 241 g/mol. The Morgan fingerprint density at radius 2 is 2.19 bits per heavy atom. The van der Waals surface area contributed by atoms with Crippen LogP contribution in [0.5, 0.6) is 5.88 Å². The molecule has 0 saturated carbocycles. The van der Waals surface area contributed by atoms with Gasteiger partial charge in [-0.15, -0.1) is 11.8 Å². The second-order valence-electron chi connectivity index (χ2n) is 3.54. The van der Waals surface area contributed by atoms with E-state index < -0.39 is 0 Å². The zero-order valence-corrected chi connectivity index (χ0v) is 10.00. The van der Waals surface area contributed by atoms with Gasteiger partial charge in [-0.2, -0.15) is 4.98 Å². The second-order valence-corrected chi connectivity index (χ2v) is 4.86. The molecular formula is C10H15N3O2S. The van der Waals surface area contributed by atoms with Gasteiger partial charge in [0, 0.05) is 24.5 Å². The lowest BCUT2D eigenvalue weighted by atomic mass is 10.2. The molecule has 0 bridgehead atoms. The maximum atomic E-state index is 5.60. The SMILES string of the molecule is COc1cc(SC2CCOCC2)nc(N)n1. The molecule has 1 aromatic heterocycles. The summed E-state index contributed by atoms with van der Waals surface area (Å²) in [6.07, 6.45) is 2.10. The number of nitrogens with two attached hydrogens (primary N) is 1. The highest BCUT2D eigenvalue weighted by atomic mass is 32.2. The highest BCUT2D eigenvalue weighted by Crippen LogP contribution is 2.30. The fraction of sp³-hybridized carbons (Fsp3) is 0.600. The first-order valence-electron chi connectivity index (χ1n) is 5.21. The Balaban J connectivity index is 2.04. The Morgan fingerprint density at radius 1 is 1.44 bits per heavy atom. The Bertz CT molecular complexity index is 356. The first kappa shape index (κ1) is 11.5. The Kier molecular flexibility index (Phi) is 3.84. The second kappa shape index (κ2) is 5.36. The molecule has 0 amide bonds. The highest BCUT2D eigenvalue weighted by Gasteiger charge is 2.16. The molecule has 1 aliphatic heterocycles. The van der Waals surface area contributed by atoms with Gasteiger partial charge >= 0.3 is 0 Å². The standard InChI is InChI=1S/C10H15N3O2S/c1-14-8-6-9(13-10(11)12-8)16-7-2-4-15-5-3-7/h6-7H,2-5H2,1H3,(H2,11,12,13). The summed E-state index contributed by atoms with van der Waals surface area (Å²) < 4.78 is 10.4. The number of hydrogen-bond donors (Lipinski definition) is 1. The molecule has 0 unspecified atom stereocenters. The zero-order valence-electron chi connectivity index (χ0n) is 9.18. The van der Waals surface area contributed by atoms with Crippen LogP contribution in [0.1, 0.15) is 12.8 Å². The van der Waals surface area contributed by atoms with Gasteiger partial charge in [-0.05, 0) is 12.8 Å². The third kappa shape index (κ3) is 2.99. The van der Waals surface area contributed by atoms with E-state index in [0.717, 1.165) is 31.1 Å². The number of ether oxygens (including phenoxy) is 2. The third-order valence-corrected chi connectivity index (χ3v) is 3.62. The van der Waals surface area contributed by atoms with Gasteiger partial charge in [0.1, 0.15) is 5.03 Å². The van der Waals surface area contributed by atoms with Crippen LogP contribution >= 0.6 is 11.8 Å². The van der Waals surface area contributed by atoms with Gasteiger partial charge in [0.05, 0.1) is 7.11 Å². The molecule has 1 aromatic rings. The van der Waals surface area contributed by atoms with Crippen molar-refractivity contribution in [2.45, 2.75) is 23.1 Å². The van der Waals surface area contributed by atoms with Gasteiger partial charge < -0.3 is 15.2 Å². The number of anilines is 1. The Hall–Kier alpha value is -1.01. The first-order chi connectivity index (χ1) is 7.78. The van der Waals surface area contributed by atoms with E-state index in [4.69, 9.17) is 15.2 Å². The van der Waals surface area contributed by atoms with Crippen LogP contribution < -0.4 is 10.5 Å². The molecule has 1 fully saturated rings. The van der Waals surface area contributed by atoms with Crippen LogP contribution in [0, 0.1) is 0 Å². The third-order valence-electron chi connectivity index (χ3n) is 2.36. The van der Waals surface area contributed by atoms with Crippen molar-refractivity contribution in [2.75, 3.05) is 26.1 Å². The lowest BCUT2D eigenvalue weighted by Crippen LogP contribution is -2.17. The topological polar surface area (TPSA) is 70.3 Å². The zero-order chi connectivity index (χ0) is 11.4. The van der Waals surface area contributed by atoms with Crippen molar-refractivity contribution in [1.29, 1.82) is 0 Å². The van der Waals surface area contributed by atoms with E-state index >= 15 is 0 Å². The van der Waals surface area contributed by atoms with Crippen molar-refractivity contribution < 1.29 is 9.47 Å². The molecule has 2 N–H and O–H groups in total. The van der Waals surface area contributed by atoms with Crippen molar-refractivity contribution in [3.8, 4) is 5.88 Å². The molecule has 0 radical (unpaired) electrons. The lowest BCUT2D eigenvalue weighted by Gasteiger charge is -2.20. The molecule has 88 valence electrons. The van der Waals surface area contributed by atoms with Gasteiger partial charge in [0.25, 0.3) is 0 Å². The van der Waals surface area contributed by atoms with Gasteiger partial charge in [-0.25, -0.2) is 4.98 Å². The van der Waals surface area contributed by atoms with E-state index in [-0.39, 0.29) is 5.95 Å². The van der Waals surface area contributed by atoms with Crippen LogP contribution in [-0.4, -0.2) is 35.5 Å². The van der Waals surface area contributed by atoms with Crippen molar-refractivity contribution in [3.63, 3.8) is 0 Å². The number of aromatic nitrogens is 2. The van der Waals surface area contributed by atoms with E-state index in [2.05, 4.69) is 9.97 Å². The summed E-state index contributed by atoms with van der Waals surface area (Å²) in [5.74, 6) is 0.774. The Labute approximate surface area is 98.7 Å². The molecule has 16 heavy (non-hydrogen) atoms. The average molecular weight is 241 g/mol. The largest absolute Gasteiger partial charge is 0.481 e. The van der Waals surface area contributed by atoms with E-state index in [1.807, 2.05) is 6.07 Å². The molecular weight excluding hydrogens is 226 g/mol. The predicted molar refractivity (Wildman–Crippen MR) is 62.7 cm³/mol. The van der Waals surface area contributed by atoms with E-state index in [1.54, 1.807) is 18.9 Å². The molecule has 1 saturated heterocycles. The van der Waals surface area contributed by atoms with Crippen molar-refractivity contribution in [1.82, 2.24) is 9.97 Å². The number of methoxy groups -OCH3 is 1. The molecule has 0 aromatic carbocycles. The van der Waals surface area contributed by atoms with Gasteiger partial charge in [0.15, 0.2) is 0 Å². The normalized spacial score (nSPS) is 17.3. The number of rotatable bonds is 3. The maximum Gasteiger partial charge on any atom is 0.224 e. The minimum atomic E-state index is 0.258. The number of hydrogen-bond acceptors (Lipinski definition) is 6. The fourth-order valence-electron chi connectivity index (χ4n) is 1.55. The van der Waals surface area contributed by atoms with Crippen LogP contribution in [0.2, 0.25) is 0 Å². The van der Waals surface area contributed by atoms with Crippen LogP contribution in [0.4, 0.5) is 5.95 Å². The summed E-state index contributed by atoms with van der Waals surface area (Å²) in [6, 6.07) is 1.82. The smallest absolute Gasteiger partial charge is 0.224 e. The molecule has 0 spiro atoms. The Morgan fingerprint density at radius 3 is 2.88 bits per heavy atom.